The van der Waals surface area contributed by atoms with Gasteiger partial charge >= 0.3 is 0 Å². The smallest absolute Gasteiger partial charge is 0.267 e. The Bertz CT molecular complexity index is 1690. The number of halogens is 1. The number of anilines is 1. The number of piperidine rings is 1. The van der Waals surface area contributed by atoms with E-state index >= 15 is 4.39 Å². The third-order valence-corrected chi connectivity index (χ3v) is 8.42. The van der Waals surface area contributed by atoms with Crippen LogP contribution in [0.4, 0.5) is 10.2 Å². The summed E-state index contributed by atoms with van der Waals surface area (Å²) < 4.78 is 15.2. The summed E-state index contributed by atoms with van der Waals surface area (Å²) in [5.41, 5.74) is 7.97. The second-order valence-corrected chi connectivity index (χ2v) is 11.2. The second kappa shape index (κ2) is 12.0. The van der Waals surface area contributed by atoms with Gasteiger partial charge in [0.15, 0.2) is 0 Å². The Morgan fingerprint density at radius 3 is 2.41 bits per heavy atom. The highest BCUT2D eigenvalue weighted by Crippen LogP contribution is 2.31. The van der Waals surface area contributed by atoms with Crippen LogP contribution in [0.2, 0.25) is 0 Å². The molecular weight excluding hydrogens is 567 g/mol. The van der Waals surface area contributed by atoms with Gasteiger partial charge in [0.05, 0.1) is 11.1 Å². The molecule has 3 aromatic rings. The number of pyridine rings is 1. The van der Waals surface area contributed by atoms with Crippen LogP contribution in [0, 0.1) is 5.82 Å². The molecule has 6 rings (SSSR count). The van der Waals surface area contributed by atoms with Crippen molar-refractivity contribution < 1.29 is 28.4 Å². The van der Waals surface area contributed by atoms with Crippen LogP contribution in [-0.4, -0.2) is 76.5 Å². The zero-order chi connectivity index (χ0) is 31.0. The van der Waals surface area contributed by atoms with E-state index in [1.807, 2.05) is 12.1 Å². The van der Waals surface area contributed by atoms with E-state index in [1.165, 1.54) is 6.07 Å². The fourth-order valence-electron chi connectivity index (χ4n) is 6.08. The van der Waals surface area contributed by atoms with Crippen molar-refractivity contribution in [2.24, 2.45) is 5.73 Å². The average molecular weight is 599 g/mol. The standard InChI is InChI=1S/C32H31FN6O5/c33-23-17-19(18-37-13-15-38(16-14-37)26-6-2-5-24(35-26)29(34)41)7-8-20(23)9-10-21-3-1-4-22-28(21)32(44)39(31(22)43)25-11-12-27(40)36-30(25)42/h1-8,17,25H,9-16,18H2,(H2,34,41)(H,36,40,42). The molecule has 1 aromatic heterocycles. The number of carbonyl (C=O) groups excluding carboxylic acids is 5. The number of imide groups is 2. The Hall–Kier alpha value is -4.97. The summed E-state index contributed by atoms with van der Waals surface area (Å²) in [6.45, 7) is 3.48. The van der Waals surface area contributed by atoms with E-state index in [-0.39, 0.29) is 35.5 Å². The number of benzene rings is 2. The lowest BCUT2D eigenvalue weighted by molar-refractivity contribution is -0.136. The zero-order valence-electron chi connectivity index (χ0n) is 23.9. The monoisotopic (exact) mass is 598 g/mol. The van der Waals surface area contributed by atoms with E-state index in [0.717, 1.165) is 23.6 Å². The van der Waals surface area contributed by atoms with Crippen LogP contribution in [0.15, 0.2) is 54.6 Å². The maximum Gasteiger partial charge on any atom is 0.267 e. The first-order valence-electron chi connectivity index (χ1n) is 14.5. The molecule has 1 atom stereocenters. The molecule has 2 fully saturated rings. The van der Waals surface area contributed by atoms with Gasteiger partial charge in [0.25, 0.3) is 17.7 Å². The van der Waals surface area contributed by atoms with Crippen molar-refractivity contribution >= 4 is 35.4 Å². The first-order chi connectivity index (χ1) is 21.2. The number of nitrogens with one attached hydrogen (secondary N) is 1. The fraction of sp³-hybridized carbons (Fsp3) is 0.312. The number of aromatic nitrogens is 1. The summed E-state index contributed by atoms with van der Waals surface area (Å²) in [6.07, 6.45) is 0.778. The molecule has 3 aliphatic rings. The Labute approximate surface area is 252 Å². The third kappa shape index (κ3) is 5.68. The lowest BCUT2D eigenvalue weighted by atomic mass is 9.96. The minimum absolute atomic E-state index is 0.0481. The summed E-state index contributed by atoms with van der Waals surface area (Å²) >= 11 is 0. The topological polar surface area (TPSA) is 146 Å². The number of piperazine rings is 1. The lowest BCUT2D eigenvalue weighted by Gasteiger charge is -2.35. The largest absolute Gasteiger partial charge is 0.364 e. The van der Waals surface area contributed by atoms with Crippen molar-refractivity contribution in [1.29, 1.82) is 0 Å². The lowest BCUT2D eigenvalue weighted by Crippen LogP contribution is -2.54. The van der Waals surface area contributed by atoms with Gasteiger partial charge in [-0.3, -0.25) is 39.1 Å². The molecule has 4 heterocycles. The van der Waals surface area contributed by atoms with E-state index in [1.54, 1.807) is 36.4 Å². The highest BCUT2D eigenvalue weighted by Gasteiger charge is 2.45. The van der Waals surface area contributed by atoms with Gasteiger partial charge in [0.1, 0.15) is 23.4 Å². The Balaban J connectivity index is 1.07. The van der Waals surface area contributed by atoms with E-state index in [9.17, 15) is 24.0 Å². The Kier molecular flexibility index (Phi) is 7.92. The molecule has 0 radical (unpaired) electrons. The van der Waals surface area contributed by atoms with Crippen molar-refractivity contribution in [3.63, 3.8) is 0 Å². The van der Waals surface area contributed by atoms with Crippen molar-refractivity contribution in [3.05, 3.63) is 93.9 Å². The highest BCUT2D eigenvalue weighted by molar-refractivity contribution is 6.24. The predicted molar refractivity (Wildman–Crippen MR) is 157 cm³/mol. The molecule has 0 aliphatic carbocycles. The van der Waals surface area contributed by atoms with E-state index < -0.39 is 35.6 Å². The van der Waals surface area contributed by atoms with E-state index in [4.69, 9.17) is 5.73 Å². The van der Waals surface area contributed by atoms with Gasteiger partial charge in [-0.25, -0.2) is 9.37 Å². The Morgan fingerprint density at radius 1 is 0.932 bits per heavy atom. The van der Waals surface area contributed by atoms with Crippen LogP contribution in [0.1, 0.15) is 60.7 Å². The minimum Gasteiger partial charge on any atom is -0.364 e. The first-order valence-corrected chi connectivity index (χ1v) is 14.5. The number of aryl methyl sites for hydroxylation is 2. The summed E-state index contributed by atoms with van der Waals surface area (Å²) in [7, 11) is 0. The van der Waals surface area contributed by atoms with Crippen LogP contribution < -0.4 is 16.0 Å². The molecule has 11 nitrogen and oxygen atoms in total. The van der Waals surface area contributed by atoms with Crippen molar-refractivity contribution in [1.82, 2.24) is 20.1 Å². The van der Waals surface area contributed by atoms with Crippen LogP contribution in [0.25, 0.3) is 0 Å². The molecule has 0 saturated carbocycles. The maximum absolute atomic E-state index is 15.2. The molecule has 0 bridgehead atoms. The molecule has 2 aromatic carbocycles. The number of hydrogen-bond donors (Lipinski definition) is 2. The third-order valence-electron chi connectivity index (χ3n) is 8.42. The van der Waals surface area contributed by atoms with Crippen LogP contribution >= 0.6 is 0 Å². The van der Waals surface area contributed by atoms with Crippen molar-refractivity contribution in [2.45, 2.75) is 38.3 Å². The SMILES string of the molecule is NC(=O)c1cccc(N2CCN(Cc3ccc(CCc4cccc5c4C(=O)N(C4CCC(=O)NC4=O)C5=O)c(F)c3)CC2)n1. The molecule has 226 valence electrons. The average Bonchev–Trinajstić information content (AvgIpc) is 3.27. The molecule has 0 spiro atoms. The van der Waals surface area contributed by atoms with Gasteiger partial charge in [-0.1, -0.05) is 30.3 Å². The molecule has 3 N–H and O–H groups in total. The first kappa shape index (κ1) is 29.1. The van der Waals surface area contributed by atoms with Gasteiger partial charge in [0.2, 0.25) is 11.8 Å². The molecule has 5 amide bonds. The second-order valence-electron chi connectivity index (χ2n) is 11.2. The quantitative estimate of drug-likeness (QED) is 0.374. The summed E-state index contributed by atoms with van der Waals surface area (Å²) in [5.74, 6) is -2.42. The molecule has 1 unspecified atom stereocenters. The maximum atomic E-state index is 15.2. The van der Waals surface area contributed by atoms with Crippen LogP contribution in [0.3, 0.4) is 0 Å². The number of nitrogens with zero attached hydrogens (tertiary/aromatic N) is 4. The van der Waals surface area contributed by atoms with Crippen LogP contribution in [0.5, 0.6) is 0 Å². The van der Waals surface area contributed by atoms with Gasteiger partial charge in [-0.2, -0.15) is 0 Å². The molecular formula is C32H31FN6O5. The number of fused-ring (bicyclic) bond motifs is 1. The number of rotatable bonds is 8. The minimum atomic E-state index is -1.04. The fourth-order valence-corrected chi connectivity index (χ4v) is 6.08. The summed E-state index contributed by atoms with van der Waals surface area (Å²) in [5, 5.41) is 2.20. The number of hydrogen-bond acceptors (Lipinski definition) is 8. The van der Waals surface area contributed by atoms with Gasteiger partial charge < -0.3 is 10.6 Å². The number of carbonyl (C=O) groups is 5. The normalized spacial score (nSPS) is 18.9. The number of primary amides is 1. The van der Waals surface area contributed by atoms with Gasteiger partial charge in [0, 0.05) is 39.1 Å². The van der Waals surface area contributed by atoms with E-state index in [2.05, 4.69) is 20.1 Å². The van der Waals surface area contributed by atoms with Crippen LogP contribution in [-0.2, 0) is 29.0 Å². The zero-order valence-corrected chi connectivity index (χ0v) is 23.9. The predicted octanol–water partition coefficient (Wildman–Crippen LogP) is 1.83. The molecule has 3 aliphatic heterocycles. The number of amides is 5. The number of nitrogens with two attached hydrogens (primary N) is 1. The summed E-state index contributed by atoms with van der Waals surface area (Å²) in [6, 6.07) is 14.3. The Morgan fingerprint density at radius 2 is 1.68 bits per heavy atom. The van der Waals surface area contributed by atoms with Gasteiger partial charge in [-0.15, -0.1) is 0 Å². The van der Waals surface area contributed by atoms with E-state index in [0.29, 0.717) is 49.4 Å². The van der Waals surface area contributed by atoms with Crippen molar-refractivity contribution in [2.75, 3.05) is 31.1 Å². The molecule has 2 saturated heterocycles. The van der Waals surface area contributed by atoms with Gasteiger partial charge in [-0.05, 0) is 60.2 Å². The summed E-state index contributed by atoms with van der Waals surface area (Å²) in [4.78, 5) is 71.5. The molecule has 12 heteroatoms. The highest BCUT2D eigenvalue weighted by atomic mass is 19.1. The molecule has 44 heavy (non-hydrogen) atoms. The van der Waals surface area contributed by atoms with Crippen molar-refractivity contribution in [3.8, 4) is 0 Å².